The van der Waals surface area contributed by atoms with E-state index in [4.69, 9.17) is 4.42 Å². The minimum atomic E-state index is 0.923. The van der Waals surface area contributed by atoms with E-state index in [1.165, 1.54) is 65.3 Å². The molecule has 1 aromatic heterocycles. The third-order valence-electron chi connectivity index (χ3n) is 8.64. The monoisotopic (exact) mass is 520 g/mol. The van der Waals surface area contributed by atoms with Gasteiger partial charge in [0.25, 0.3) is 0 Å². The largest absolute Gasteiger partial charge is 0.456 e. The first-order chi connectivity index (χ1) is 20.3. The van der Waals surface area contributed by atoms with Gasteiger partial charge in [-0.3, -0.25) is 0 Å². The van der Waals surface area contributed by atoms with E-state index in [0.717, 1.165) is 21.9 Å². The molecule has 0 radical (unpaired) electrons. The Kier molecular flexibility index (Phi) is 4.67. The zero-order chi connectivity index (χ0) is 26.9. The fourth-order valence-corrected chi connectivity index (χ4v) is 6.87. The van der Waals surface area contributed by atoms with Crippen LogP contribution in [0.4, 0.5) is 0 Å². The molecule has 0 amide bonds. The van der Waals surface area contributed by atoms with Gasteiger partial charge in [-0.2, -0.15) is 0 Å². The first-order valence-electron chi connectivity index (χ1n) is 14.1. The Hall–Kier alpha value is -5.40. The summed E-state index contributed by atoms with van der Waals surface area (Å²) in [5.74, 6) is 0. The molecule has 0 spiro atoms. The lowest BCUT2D eigenvalue weighted by atomic mass is 9.83. The van der Waals surface area contributed by atoms with Crippen molar-refractivity contribution < 1.29 is 4.42 Å². The molecule has 1 nitrogen and oxygen atoms in total. The van der Waals surface area contributed by atoms with Gasteiger partial charge < -0.3 is 4.42 Å². The standard InChI is InChI=1S/C40H24O/c1-2-14-27-25(11-1)12-9-20-29(27)39-30-16-3-5-18-32(30)40(33-19-6-4-17-31(33)39)34-21-10-13-26-23-36-28-15-7-8-22-37(28)41-38(36)24-35(26)34/h1-24H. The van der Waals surface area contributed by atoms with Gasteiger partial charge in [0.15, 0.2) is 0 Å². The molecule has 0 aliphatic rings. The van der Waals surface area contributed by atoms with Gasteiger partial charge >= 0.3 is 0 Å². The van der Waals surface area contributed by atoms with E-state index in [9.17, 15) is 0 Å². The van der Waals surface area contributed by atoms with E-state index in [2.05, 4.69) is 133 Å². The highest BCUT2D eigenvalue weighted by molar-refractivity contribution is 6.26. The minimum absolute atomic E-state index is 0.923. The van der Waals surface area contributed by atoms with Gasteiger partial charge in [0, 0.05) is 10.8 Å². The molecule has 8 aromatic carbocycles. The average Bonchev–Trinajstić information content (AvgIpc) is 3.39. The first-order valence-corrected chi connectivity index (χ1v) is 14.1. The van der Waals surface area contributed by atoms with Crippen molar-refractivity contribution in [3.63, 3.8) is 0 Å². The van der Waals surface area contributed by atoms with Gasteiger partial charge in [0.05, 0.1) is 0 Å². The summed E-state index contributed by atoms with van der Waals surface area (Å²) in [4.78, 5) is 0. The average molecular weight is 521 g/mol. The Labute approximate surface area is 236 Å². The van der Waals surface area contributed by atoms with Crippen molar-refractivity contribution in [1.82, 2.24) is 0 Å². The Morgan fingerprint density at radius 2 is 0.780 bits per heavy atom. The van der Waals surface area contributed by atoms with Crippen LogP contribution in [0.15, 0.2) is 150 Å². The molecule has 41 heavy (non-hydrogen) atoms. The zero-order valence-corrected chi connectivity index (χ0v) is 22.3. The molecular formula is C40H24O. The number of rotatable bonds is 2. The third-order valence-corrected chi connectivity index (χ3v) is 8.64. The van der Waals surface area contributed by atoms with Gasteiger partial charge in [0.1, 0.15) is 11.2 Å². The van der Waals surface area contributed by atoms with Crippen molar-refractivity contribution in [2.24, 2.45) is 0 Å². The second kappa shape index (κ2) is 8.55. The van der Waals surface area contributed by atoms with E-state index in [-0.39, 0.29) is 0 Å². The Balaban J connectivity index is 1.43. The SMILES string of the molecule is c1ccc2c(-c3c4ccccc4c(-c4cccc5cc6c(cc45)oc4ccccc46)c4ccccc34)cccc2c1. The molecule has 190 valence electrons. The molecule has 0 aliphatic heterocycles. The molecule has 0 aliphatic carbocycles. The van der Waals surface area contributed by atoms with Crippen LogP contribution in [0.1, 0.15) is 0 Å². The molecule has 0 bridgehead atoms. The summed E-state index contributed by atoms with van der Waals surface area (Å²) < 4.78 is 6.34. The number of hydrogen-bond acceptors (Lipinski definition) is 1. The number of para-hydroxylation sites is 1. The van der Waals surface area contributed by atoms with Crippen molar-refractivity contribution in [3.05, 3.63) is 146 Å². The molecule has 0 N–H and O–H groups in total. The van der Waals surface area contributed by atoms with E-state index >= 15 is 0 Å². The molecule has 0 atom stereocenters. The lowest BCUT2D eigenvalue weighted by molar-refractivity contribution is 0.669. The summed E-state index contributed by atoms with van der Waals surface area (Å²) in [6.45, 7) is 0. The van der Waals surface area contributed by atoms with Crippen molar-refractivity contribution in [1.29, 1.82) is 0 Å². The van der Waals surface area contributed by atoms with Crippen molar-refractivity contribution in [2.75, 3.05) is 0 Å². The van der Waals surface area contributed by atoms with Crippen LogP contribution in [-0.4, -0.2) is 0 Å². The minimum Gasteiger partial charge on any atom is -0.456 e. The molecule has 0 fully saturated rings. The summed E-state index contributed by atoms with van der Waals surface area (Å²) in [5, 5.41) is 12.3. The highest BCUT2D eigenvalue weighted by Gasteiger charge is 2.19. The lowest BCUT2D eigenvalue weighted by Crippen LogP contribution is -1.92. The molecule has 9 aromatic rings. The molecule has 0 saturated heterocycles. The van der Waals surface area contributed by atoms with Gasteiger partial charge in [-0.05, 0) is 83.5 Å². The van der Waals surface area contributed by atoms with Crippen LogP contribution in [0, 0.1) is 0 Å². The number of furan rings is 1. The number of fused-ring (bicyclic) bond motifs is 7. The molecule has 1 heteroatoms. The molecular weight excluding hydrogens is 496 g/mol. The van der Waals surface area contributed by atoms with Crippen LogP contribution in [0.3, 0.4) is 0 Å². The molecule has 0 unspecified atom stereocenters. The second-order valence-electron chi connectivity index (χ2n) is 10.8. The first kappa shape index (κ1) is 22.4. The van der Waals surface area contributed by atoms with Crippen molar-refractivity contribution in [2.45, 2.75) is 0 Å². The van der Waals surface area contributed by atoms with Gasteiger partial charge in [-0.1, -0.05) is 127 Å². The fraction of sp³-hybridized carbons (Fsp3) is 0. The van der Waals surface area contributed by atoms with Crippen LogP contribution in [0.2, 0.25) is 0 Å². The molecule has 1 heterocycles. The Morgan fingerprint density at radius 1 is 0.293 bits per heavy atom. The van der Waals surface area contributed by atoms with Crippen LogP contribution >= 0.6 is 0 Å². The quantitative estimate of drug-likeness (QED) is 0.207. The van der Waals surface area contributed by atoms with Crippen LogP contribution in [0.25, 0.3) is 87.3 Å². The van der Waals surface area contributed by atoms with E-state index in [0.29, 0.717) is 0 Å². The lowest BCUT2D eigenvalue weighted by Gasteiger charge is -2.19. The van der Waals surface area contributed by atoms with E-state index < -0.39 is 0 Å². The summed E-state index contributed by atoms with van der Waals surface area (Å²) in [7, 11) is 0. The smallest absolute Gasteiger partial charge is 0.136 e. The van der Waals surface area contributed by atoms with Crippen molar-refractivity contribution in [3.8, 4) is 22.3 Å². The predicted molar refractivity (Wildman–Crippen MR) is 175 cm³/mol. The van der Waals surface area contributed by atoms with Crippen LogP contribution in [-0.2, 0) is 0 Å². The second-order valence-corrected chi connectivity index (χ2v) is 10.8. The van der Waals surface area contributed by atoms with Gasteiger partial charge in [-0.15, -0.1) is 0 Å². The maximum Gasteiger partial charge on any atom is 0.136 e. The fourth-order valence-electron chi connectivity index (χ4n) is 6.87. The Morgan fingerprint density at radius 3 is 1.44 bits per heavy atom. The number of hydrogen-bond donors (Lipinski definition) is 0. The topological polar surface area (TPSA) is 13.1 Å². The highest BCUT2D eigenvalue weighted by atomic mass is 16.3. The highest BCUT2D eigenvalue weighted by Crippen LogP contribution is 2.47. The summed E-state index contributed by atoms with van der Waals surface area (Å²) in [6, 6.07) is 52.6. The normalized spacial score (nSPS) is 11.9. The predicted octanol–water partition coefficient (Wildman–Crippen LogP) is 11.5. The van der Waals surface area contributed by atoms with Gasteiger partial charge in [0.2, 0.25) is 0 Å². The third kappa shape index (κ3) is 3.24. The Bertz CT molecular complexity index is 2410. The van der Waals surface area contributed by atoms with Crippen molar-refractivity contribution >= 4 is 65.0 Å². The number of benzene rings is 8. The summed E-state index contributed by atoms with van der Waals surface area (Å²) in [6.07, 6.45) is 0. The van der Waals surface area contributed by atoms with E-state index in [1.54, 1.807) is 0 Å². The molecule has 0 saturated carbocycles. The van der Waals surface area contributed by atoms with Gasteiger partial charge in [-0.25, -0.2) is 0 Å². The zero-order valence-electron chi connectivity index (χ0n) is 22.3. The summed E-state index contributed by atoms with van der Waals surface area (Å²) in [5.41, 5.74) is 6.89. The maximum absolute atomic E-state index is 6.34. The maximum atomic E-state index is 6.34. The summed E-state index contributed by atoms with van der Waals surface area (Å²) >= 11 is 0. The van der Waals surface area contributed by atoms with Crippen LogP contribution < -0.4 is 0 Å². The van der Waals surface area contributed by atoms with Crippen LogP contribution in [0.5, 0.6) is 0 Å². The molecule has 9 rings (SSSR count). The van der Waals surface area contributed by atoms with E-state index in [1.807, 2.05) is 12.1 Å².